The predicted molar refractivity (Wildman–Crippen MR) is 144 cm³/mol. The second-order valence-corrected chi connectivity index (χ2v) is 11.0. The van der Waals surface area contributed by atoms with Crippen molar-refractivity contribution in [1.82, 2.24) is 4.72 Å². The van der Waals surface area contributed by atoms with E-state index in [1.165, 1.54) is 69.9 Å². The molecule has 0 aromatic heterocycles. The zero-order valence-electron chi connectivity index (χ0n) is 21.6. The van der Waals surface area contributed by atoms with Crippen molar-refractivity contribution in [3.05, 3.63) is 66.2 Å². The van der Waals surface area contributed by atoms with Gasteiger partial charge >= 0.3 is 5.97 Å². The molecule has 7 heteroatoms. The van der Waals surface area contributed by atoms with Crippen molar-refractivity contribution in [3.8, 4) is 0 Å². The molecule has 2 N–H and O–H groups in total. The van der Waals surface area contributed by atoms with Crippen molar-refractivity contribution in [2.45, 2.75) is 101 Å². The van der Waals surface area contributed by atoms with Gasteiger partial charge in [-0.15, -0.1) is 0 Å². The monoisotopic (exact) mass is 517 g/mol. The third kappa shape index (κ3) is 11.2. The van der Waals surface area contributed by atoms with Crippen LogP contribution in [-0.4, -0.2) is 32.1 Å². The van der Waals surface area contributed by atoms with Crippen molar-refractivity contribution in [1.29, 1.82) is 0 Å². The quantitative estimate of drug-likeness (QED) is 0.168. The molecular formula is C29H43NO5S. The molecule has 0 heterocycles. The molecule has 2 aromatic carbocycles. The van der Waals surface area contributed by atoms with Gasteiger partial charge in [0.05, 0.1) is 11.5 Å². The van der Waals surface area contributed by atoms with Crippen molar-refractivity contribution < 1.29 is 23.1 Å². The molecule has 0 saturated heterocycles. The van der Waals surface area contributed by atoms with Gasteiger partial charge in [0.25, 0.3) is 0 Å². The Bertz CT molecular complexity index is 950. The van der Waals surface area contributed by atoms with Crippen LogP contribution in [0.25, 0.3) is 0 Å². The lowest BCUT2D eigenvalue weighted by Gasteiger charge is -2.23. The molecule has 0 amide bonds. The summed E-state index contributed by atoms with van der Waals surface area (Å²) in [6, 6.07) is 14.8. The summed E-state index contributed by atoms with van der Waals surface area (Å²) >= 11 is 0. The lowest BCUT2D eigenvalue weighted by atomic mass is 10.0. The maximum absolute atomic E-state index is 12.9. The van der Waals surface area contributed by atoms with E-state index in [4.69, 9.17) is 4.74 Å². The average molecular weight is 518 g/mol. The number of esters is 1. The molecule has 0 spiro atoms. The summed E-state index contributed by atoms with van der Waals surface area (Å²) in [6.45, 7) is 2.43. The minimum atomic E-state index is -4.03. The molecule has 200 valence electrons. The maximum atomic E-state index is 12.9. The van der Waals surface area contributed by atoms with Gasteiger partial charge in [0.2, 0.25) is 10.0 Å². The number of aliphatic hydroxyl groups excluding tert-OH is 1. The first-order valence-electron chi connectivity index (χ1n) is 13.4. The zero-order valence-corrected chi connectivity index (χ0v) is 22.4. The van der Waals surface area contributed by atoms with E-state index in [-0.39, 0.29) is 11.5 Å². The maximum Gasteiger partial charge on any atom is 0.327 e. The molecule has 0 aliphatic carbocycles. The van der Waals surface area contributed by atoms with E-state index in [1.807, 2.05) is 0 Å². The fourth-order valence-electron chi connectivity index (χ4n) is 4.12. The predicted octanol–water partition coefficient (Wildman–Crippen LogP) is 6.31. The number of nitrogens with one attached hydrogen (secondary N) is 1. The van der Waals surface area contributed by atoms with E-state index in [0.717, 1.165) is 12.8 Å². The van der Waals surface area contributed by atoms with E-state index < -0.39 is 28.1 Å². The topological polar surface area (TPSA) is 92.7 Å². The molecule has 6 nitrogen and oxygen atoms in total. The molecule has 2 rings (SSSR count). The highest BCUT2D eigenvalue weighted by molar-refractivity contribution is 7.89. The number of carbonyl (C=O) groups is 1. The summed E-state index contributed by atoms with van der Waals surface area (Å²) < 4.78 is 33.4. The van der Waals surface area contributed by atoms with Crippen molar-refractivity contribution in [3.63, 3.8) is 0 Å². The van der Waals surface area contributed by atoms with Gasteiger partial charge in [-0.2, -0.15) is 4.72 Å². The highest BCUT2D eigenvalue weighted by Gasteiger charge is 2.34. The van der Waals surface area contributed by atoms with Gasteiger partial charge < -0.3 is 9.84 Å². The summed E-state index contributed by atoms with van der Waals surface area (Å²) in [7, 11) is -4.03. The van der Waals surface area contributed by atoms with Gasteiger partial charge in [-0.05, 0) is 24.1 Å². The number of hydrogen-bond donors (Lipinski definition) is 2. The van der Waals surface area contributed by atoms with Gasteiger partial charge in [-0.1, -0.05) is 126 Å². The van der Waals surface area contributed by atoms with Gasteiger partial charge in [0, 0.05) is 0 Å². The van der Waals surface area contributed by atoms with Crippen LogP contribution < -0.4 is 4.72 Å². The molecular weight excluding hydrogens is 474 g/mol. The summed E-state index contributed by atoms with van der Waals surface area (Å²) in [5.74, 6) is -0.783. The summed E-state index contributed by atoms with van der Waals surface area (Å²) in [5.41, 5.74) is 0.431. The Morgan fingerprint density at radius 1 is 0.778 bits per heavy atom. The van der Waals surface area contributed by atoms with Crippen LogP contribution in [0, 0.1) is 0 Å². The molecule has 0 fully saturated rings. The highest BCUT2D eigenvalue weighted by atomic mass is 32.2. The minimum absolute atomic E-state index is 0.0176. The summed E-state index contributed by atoms with van der Waals surface area (Å²) in [6.07, 6.45) is 13.0. The molecule has 0 bridgehead atoms. The van der Waals surface area contributed by atoms with Crippen LogP contribution in [0.2, 0.25) is 0 Å². The number of benzene rings is 2. The first-order valence-corrected chi connectivity index (χ1v) is 14.9. The number of unbranched alkanes of at least 4 members (excludes halogenated alkanes) is 11. The van der Waals surface area contributed by atoms with E-state index in [9.17, 15) is 18.3 Å². The Labute approximate surface area is 217 Å². The Kier molecular flexibility index (Phi) is 14.4. The third-order valence-corrected chi connectivity index (χ3v) is 7.75. The number of sulfonamides is 1. The molecule has 2 aromatic rings. The second kappa shape index (κ2) is 17.3. The van der Waals surface area contributed by atoms with Gasteiger partial charge in [-0.3, -0.25) is 4.79 Å². The number of carbonyl (C=O) groups excluding carboxylic acids is 1. The normalized spacial score (nSPS) is 13.3. The van der Waals surface area contributed by atoms with Crippen LogP contribution in [0.15, 0.2) is 65.6 Å². The van der Waals surface area contributed by atoms with Crippen LogP contribution in [0.1, 0.15) is 95.6 Å². The Morgan fingerprint density at radius 2 is 1.25 bits per heavy atom. The Balaban J connectivity index is 1.78. The van der Waals surface area contributed by atoms with Gasteiger partial charge in [0.15, 0.2) is 0 Å². The smallest absolute Gasteiger partial charge is 0.327 e. The number of aliphatic hydroxyl groups is 1. The van der Waals surface area contributed by atoms with Gasteiger partial charge in [-0.25, -0.2) is 8.42 Å². The van der Waals surface area contributed by atoms with E-state index in [1.54, 1.807) is 48.5 Å². The zero-order chi connectivity index (χ0) is 26.1. The molecule has 0 unspecified atom stereocenters. The fraction of sp³-hybridized carbons (Fsp3) is 0.552. The third-order valence-electron chi connectivity index (χ3n) is 6.29. The van der Waals surface area contributed by atoms with Crippen molar-refractivity contribution in [2.75, 3.05) is 6.61 Å². The first kappa shape index (κ1) is 30.0. The molecule has 0 aliphatic rings. The van der Waals surface area contributed by atoms with Crippen LogP contribution in [0.5, 0.6) is 0 Å². The number of hydrogen-bond acceptors (Lipinski definition) is 5. The number of ether oxygens (including phenoxy) is 1. The SMILES string of the molecule is CCCCCCCCCCCCCCOC(=O)[C@H](NS(=O)(=O)c1ccccc1)[C@H](O)c1ccccc1. The van der Waals surface area contributed by atoms with E-state index in [0.29, 0.717) is 12.0 Å². The van der Waals surface area contributed by atoms with Gasteiger partial charge in [0.1, 0.15) is 12.1 Å². The summed E-state index contributed by atoms with van der Waals surface area (Å²) in [4.78, 5) is 12.9. The highest BCUT2D eigenvalue weighted by Crippen LogP contribution is 2.20. The molecule has 0 saturated carbocycles. The first-order chi connectivity index (χ1) is 17.5. The van der Waals surface area contributed by atoms with Crippen LogP contribution in [0.3, 0.4) is 0 Å². The largest absolute Gasteiger partial charge is 0.464 e. The molecule has 36 heavy (non-hydrogen) atoms. The number of rotatable bonds is 19. The Morgan fingerprint density at radius 3 is 1.78 bits per heavy atom. The van der Waals surface area contributed by atoms with Crippen LogP contribution in [0.4, 0.5) is 0 Å². The molecule has 0 radical (unpaired) electrons. The molecule has 0 aliphatic heterocycles. The lowest BCUT2D eigenvalue weighted by molar-refractivity contribution is -0.148. The van der Waals surface area contributed by atoms with Crippen LogP contribution in [-0.2, 0) is 19.6 Å². The van der Waals surface area contributed by atoms with E-state index >= 15 is 0 Å². The average Bonchev–Trinajstić information content (AvgIpc) is 2.90. The minimum Gasteiger partial charge on any atom is -0.464 e. The Hall–Kier alpha value is -2.22. The standard InChI is InChI=1S/C29H43NO5S/c1-2-3-4-5-6-7-8-9-10-11-12-19-24-35-29(32)27(28(31)25-20-15-13-16-21-25)30-36(33,34)26-22-17-14-18-23-26/h13-18,20-23,27-28,30-31H,2-12,19,24H2,1H3/t27-,28-/m1/s1. The summed E-state index contributed by atoms with van der Waals surface area (Å²) in [5, 5.41) is 10.8. The van der Waals surface area contributed by atoms with Crippen molar-refractivity contribution >= 4 is 16.0 Å². The van der Waals surface area contributed by atoms with Crippen LogP contribution >= 0.6 is 0 Å². The molecule has 2 atom stereocenters. The second-order valence-electron chi connectivity index (χ2n) is 9.32. The lowest BCUT2D eigenvalue weighted by Crippen LogP contribution is -2.46. The van der Waals surface area contributed by atoms with Crippen molar-refractivity contribution in [2.24, 2.45) is 0 Å². The fourth-order valence-corrected chi connectivity index (χ4v) is 5.34. The van der Waals surface area contributed by atoms with E-state index in [2.05, 4.69) is 11.6 Å².